The lowest BCUT2D eigenvalue weighted by Crippen LogP contribution is -2.22. The minimum absolute atomic E-state index is 0.687. The van der Waals surface area contributed by atoms with Gasteiger partial charge in [-0.1, -0.05) is 25.4 Å². The molecule has 2 heterocycles. The number of aromatic nitrogens is 1. The number of rotatable bonds is 7. The molecule has 0 bridgehead atoms. The summed E-state index contributed by atoms with van der Waals surface area (Å²) in [5, 5.41) is 5.28. The molecule has 0 spiro atoms. The van der Waals surface area contributed by atoms with Crippen LogP contribution in [0.5, 0.6) is 0 Å². The molecular formula is C24H24ClN3O. The molecule has 0 fully saturated rings. The van der Waals surface area contributed by atoms with Gasteiger partial charge in [-0.25, -0.2) is 0 Å². The van der Waals surface area contributed by atoms with Crippen molar-refractivity contribution in [2.75, 3.05) is 18.4 Å². The highest BCUT2D eigenvalue weighted by Gasteiger charge is 2.12. The summed E-state index contributed by atoms with van der Waals surface area (Å²) in [6, 6.07) is 18.1. The van der Waals surface area contributed by atoms with E-state index >= 15 is 0 Å². The number of fused-ring (bicyclic) bond motifs is 1. The zero-order chi connectivity index (χ0) is 20.2. The Labute approximate surface area is 176 Å². The Morgan fingerprint density at radius 1 is 1.03 bits per heavy atom. The first-order valence-corrected chi connectivity index (χ1v) is 10.3. The van der Waals surface area contributed by atoms with E-state index in [-0.39, 0.29) is 0 Å². The largest absolute Gasteiger partial charge is 0.464 e. The minimum Gasteiger partial charge on any atom is -0.464 e. The van der Waals surface area contributed by atoms with Gasteiger partial charge in [-0.2, -0.15) is 0 Å². The van der Waals surface area contributed by atoms with Gasteiger partial charge >= 0.3 is 0 Å². The van der Waals surface area contributed by atoms with E-state index < -0.39 is 0 Å². The van der Waals surface area contributed by atoms with Gasteiger partial charge in [0, 0.05) is 40.1 Å². The van der Waals surface area contributed by atoms with E-state index in [2.05, 4.69) is 47.2 Å². The van der Waals surface area contributed by atoms with Crippen molar-refractivity contribution >= 4 is 33.9 Å². The fourth-order valence-electron chi connectivity index (χ4n) is 3.55. The Morgan fingerprint density at radius 3 is 2.66 bits per heavy atom. The fourth-order valence-corrected chi connectivity index (χ4v) is 3.71. The number of hydrogen-bond donors (Lipinski definition) is 1. The highest BCUT2D eigenvalue weighted by atomic mass is 35.5. The molecule has 0 aliphatic heterocycles. The molecule has 2 aromatic carbocycles. The molecule has 4 nitrogen and oxygen atoms in total. The van der Waals surface area contributed by atoms with Crippen LogP contribution in [0.15, 0.2) is 71.5 Å². The van der Waals surface area contributed by atoms with Crippen molar-refractivity contribution in [3.05, 3.63) is 77.6 Å². The molecular weight excluding hydrogens is 382 g/mol. The molecule has 29 heavy (non-hydrogen) atoms. The van der Waals surface area contributed by atoms with E-state index in [4.69, 9.17) is 16.0 Å². The standard InChI is InChI=1S/C24H24ClN3O/c1-3-28(4-2)16-17-14-19(8-10-20(17)24-6-5-13-29-24)27-22-11-12-26-23-15-18(25)7-9-21(22)23/h5-15H,3-4,16H2,1-2H3,(H,26,27). The fraction of sp³-hybridized carbons (Fsp3) is 0.208. The lowest BCUT2D eigenvalue weighted by Gasteiger charge is -2.21. The molecule has 0 amide bonds. The molecule has 2 aromatic heterocycles. The smallest absolute Gasteiger partial charge is 0.134 e. The third-order valence-electron chi connectivity index (χ3n) is 5.16. The van der Waals surface area contributed by atoms with E-state index in [0.717, 1.165) is 53.2 Å². The van der Waals surface area contributed by atoms with Crippen molar-refractivity contribution < 1.29 is 4.42 Å². The summed E-state index contributed by atoms with van der Waals surface area (Å²) in [7, 11) is 0. The molecule has 0 aliphatic carbocycles. The van der Waals surface area contributed by atoms with Crippen LogP contribution in [0.25, 0.3) is 22.2 Å². The summed E-state index contributed by atoms with van der Waals surface area (Å²) in [5.41, 5.74) is 5.27. The quantitative estimate of drug-likeness (QED) is 0.370. The number of halogens is 1. The molecule has 0 atom stereocenters. The average Bonchev–Trinajstić information content (AvgIpc) is 3.26. The monoisotopic (exact) mass is 405 g/mol. The van der Waals surface area contributed by atoms with Gasteiger partial charge in [-0.05, 0) is 73.3 Å². The first-order chi connectivity index (χ1) is 14.2. The number of nitrogens with one attached hydrogen (secondary N) is 1. The summed E-state index contributed by atoms with van der Waals surface area (Å²) < 4.78 is 5.68. The van der Waals surface area contributed by atoms with E-state index in [9.17, 15) is 0 Å². The molecule has 0 saturated heterocycles. The van der Waals surface area contributed by atoms with Gasteiger partial charge in [0.1, 0.15) is 5.76 Å². The lowest BCUT2D eigenvalue weighted by atomic mass is 10.0. The Kier molecular flexibility index (Phi) is 5.84. The molecule has 4 rings (SSSR count). The summed E-state index contributed by atoms with van der Waals surface area (Å²) in [5.74, 6) is 0.891. The van der Waals surface area contributed by atoms with E-state index in [1.807, 2.05) is 36.4 Å². The van der Waals surface area contributed by atoms with Gasteiger partial charge < -0.3 is 9.73 Å². The molecule has 0 aliphatic rings. The van der Waals surface area contributed by atoms with Crippen LogP contribution < -0.4 is 5.32 Å². The van der Waals surface area contributed by atoms with Crippen molar-refractivity contribution in [1.82, 2.24) is 9.88 Å². The number of furan rings is 1. The second kappa shape index (κ2) is 8.68. The molecule has 0 unspecified atom stereocenters. The van der Waals surface area contributed by atoms with Crippen molar-refractivity contribution in [2.45, 2.75) is 20.4 Å². The van der Waals surface area contributed by atoms with Gasteiger partial charge in [0.2, 0.25) is 0 Å². The molecule has 4 aromatic rings. The second-order valence-corrected chi connectivity index (χ2v) is 7.39. The topological polar surface area (TPSA) is 41.3 Å². The van der Waals surface area contributed by atoms with Crippen LogP contribution in [-0.4, -0.2) is 23.0 Å². The summed E-state index contributed by atoms with van der Waals surface area (Å²) in [4.78, 5) is 6.83. The first kappa shape index (κ1) is 19.5. The molecule has 1 N–H and O–H groups in total. The molecule has 148 valence electrons. The van der Waals surface area contributed by atoms with Gasteiger partial charge in [-0.15, -0.1) is 0 Å². The molecule has 0 saturated carbocycles. The number of nitrogens with zero attached hydrogens (tertiary/aromatic N) is 2. The van der Waals surface area contributed by atoms with E-state index in [1.165, 1.54) is 5.56 Å². The number of anilines is 2. The van der Waals surface area contributed by atoms with Crippen molar-refractivity contribution in [3.8, 4) is 11.3 Å². The average molecular weight is 406 g/mol. The van der Waals surface area contributed by atoms with Gasteiger partial charge in [0.05, 0.1) is 11.8 Å². The zero-order valence-electron chi connectivity index (χ0n) is 16.7. The molecule has 5 heteroatoms. The van der Waals surface area contributed by atoms with Crippen molar-refractivity contribution in [1.29, 1.82) is 0 Å². The highest BCUT2D eigenvalue weighted by molar-refractivity contribution is 6.31. The van der Waals surface area contributed by atoms with E-state index in [1.54, 1.807) is 12.5 Å². The van der Waals surface area contributed by atoms with Crippen LogP contribution in [0.2, 0.25) is 5.02 Å². The van der Waals surface area contributed by atoms with Crippen LogP contribution in [0.3, 0.4) is 0 Å². The zero-order valence-corrected chi connectivity index (χ0v) is 17.4. The molecule has 0 radical (unpaired) electrons. The van der Waals surface area contributed by atoms with Crippen LogP contribution in [0, 0.1) is 0 Å². The van der Waals surface area contributed by atoms with Crippen molar-refractivity contribution in [2.24, 2.45) is 0 Å². The Balaban J connectivity index is 1.71. The Morgan fingerprint density at radius 2 is 1.90 bits per heavy atom. The van der Waals surface area contributed by atoms with Crippen LogP contribution in [-0.2, 0) is 6.54 Å². The maximum Gasteiger partial charge on any atom is 0.134 e. The normalized spacial score (nSPS) is 11.3. The Hall–Kier alpha value is -2.82. The van der Waals surface area contributed by atoms with Crippen LogP contribution >= 0.6 is 11.6 Å². The van der Waals surface area contributed by atoms with Gasteiger partial charge in [0.25, 0.3) is 0 Å². The Bertz CT molecular complexity index is 1100. The predicted molar refractivity (Wildman–Crippen MR) is 121 cm³/mol. The maximum absolute atomic E-state index is 6.12. The van der Waals surface area contributed by atoms with Gasteiger partial charge in [-0.3, -0.25) is 9.88 Å². The minimum atomic E-state index is 0.687. The SMILES string of the molecule is CCN(CC)Cc1cc(Nc2ccnc3cc(Cl)ccc23)ccc1-c1ccco1. The first-order valence-electron chi connectivity index (χ1n) is 9.88. The van der Waals surface area contributed by atoms with Crippen LogP contribution in [0.1, 0.15) is 19.4 Å². The lowest BCUT2D eigenvalue weighted by molar-refractivity contribution is 0.296. The highest BCUT2D eigenvalue weighted by Crippen LogP contribution is 2.31. The number of pyridine rings is 1. The van der Waals surface area contributed by atoms with Crippen molar-refractivity contribution in [3.63, 3.8) is 0 Å². The number of benzene rings is 2. The van der Waals surface area contributed by atoms with E-state index in [0.29, 0.717) is 5.02 Å². The van der Waals surface area contributed by atoms with Gasteiger partial charge in [0.15, 0.2) is 0 Å². The third kappa shape index (κ3) is 4.29. The maximum atomic E-state index is 6.12. The van der Waals surface area contributed by atoms with Crippen LogP contribution in [0.4, 0.5) is 11.4 Å². The summed E-state index contributed by atoms with van der Waals surface area (Å²) in [6.07, 6.45) is 3.52. The summed E-state index contributed by atoms with van der Waals surface area (Å²) >= 11 is 6.12. The predicted octanol–water partition coefficient (Wildman–Crippen LogP) is 6.73. The second-order valence-electron chi connectivity index (χ2n) is 6.96. The summed E-state index contributed by atoms with van der Waals surface area (Å²) in [6.45, 7) is 7.24. The third-order valence-corrected chi connectivity index (χ3v) is 5.40. The number of hydrogen-bond acceptors (Lipinski definition) is 4.